The summed E-state index contributed by atoms with van der Waals surface area (Å²) in [5.41, 5.74) is 0.920. The highest BCUT2D eigenvalue weighted by molar-refractivity contribution is 7.99. The van der Waals surface area contributed by atoms with Gasteiger partial charge in [0.15, 0.2) is 5.78 Å². The molecular formula is C10H10OS2. The molecule has 13 heavy (non-hydrogen) atoms. The molecule has 0 aromatic heterocycles. The minimum Gasteiger partial charge on any atom is -0.294 e. The predicted octanol–water partition coefficient (Wildman–Crippen LogP) is 3.09. The number of thioether (sulfide) groups is 2. The van der Waals surface area contributed by atoms with Crippen LogP contribution >= 0.6 is 23.5 Å². The molecule has 0 saturated carbocycles. The van der Waals surface area contributed by atoms with Gasteiger partial charge >= 0.3 is 0 Å². The molecule has 0 radical (unpaired) electrons. The van der Waals surface area contributed by atoms with Gasteiger partial charge in [-0.3, -0.25) is 4.79 Å². The van der Waals surface area contributed by atoms with Crippen LogP contribution in [0.15, 0.2) is 28.0 Å². The zero-order valence-corrected chi connectivity index (χ0v) is 9.00. The lowest BCUT2D eigenvalue weighted by molar-refractivity contribution is 0.0984. The minimum absolute atomic E-state index is 0.296. The Labute approximate surface area is 86.3 Å². The Morgan fingerprint density at radius 2 is 2.31 bits per heavy atom. The standard InChI is InChI=1S/C10H10OS2/c1-12-7-2-3-10-8(6-7)9(11)4-5-13-10/h2-3,6H,4-5H2,1H3. The van der Waals surface area contributed by atoms with E-state index in [1.807, 2.05) is 12.3 Å². The van der Waals surface area contributed by atoms with Crippen LogP contribution in [0.25, 0.3) is 0 Å². The van der Waals surface area contributed by atoms with Gasteiger partial charge in [-0.2, -0.15) is 0 Å². The zero-order chi connectivity index (χ0) is 9.26. The van der Waals surface area contributed by atoms with Crippen LogP contribution in [0.3, 0.4) is 0 Å². The second-order valence-electron chi connectivity index (χ2n) is 2.88. The van der Waals surface area contributed by atoms with Gasteiger partial charge < -0.3 is 0 Å². The second-order valence-corrected chi connectivity index (χ2v) is 4.90. The molecule has 0 fully saturated rings. The van der Waals surface area contributed by atoms with E-state index < -0.39 is 0 Å². The third-order valence-corrected chi connectivity index (χ3v) is 3.87. The molecular weight excluding hydrogens is 200 g/mol. The van der Waals surface area contributed by atoms with Crippen molar-refractivity contribution in [3.05, 3.63) is 23.8 Å². The van der Waals surface area contributed by atoms with Crippen molar-refractivity contribution in [1.29, 1.82) is 0 Å². The van der Waals surface area contributed by atoms with Crippen LogP contribution in [0.4, 0.5) is 0 Å². The Balaban J connectivity index is 2.47. The Kier molecular flexibility index (Phi) is 2.65. The number of hydrogen-bond donors (Lipinski definition) is 0. The average molecular weight is 210 g/mol. The van der Waals surface area contributed by atoms with Crippen LogP contribution in [-0.2, 0) is 0 Å². The van der Waals surface area contributed by atoms with E-state index >= 15 is 0 Å². The average Bonchev–Trinajstić information content (AvgIpc) is 2.18. The summed E-state index contributed by atoms with van der Waals surface area (Å²) >= 11 is 3.46. The molecule has 1 aliphatic heterocycles. The predicted molar refractivity (Wildman–Crippen MR) is 57.9 cm³/mol. The van der Waals surface area contributed by atoms with Gasteiger partial charge in [0.05, 0.1) is 0 Å². The first-order valence-corrected chi connectivity index (χ1v) is 6.36. The van der Waals surface area contributed by atoms with E-state index in [4.69, 9.17) is 0 Å². The summed E-state index contributed by atoms with van der Waals surface area (Å²) in [7, 11) is 0. The number of benzene rings is 1. The SMILES string of the molecule is CSc1ccc2c(c1)C(=O)CCS2. The fourth-order valence-electron chi connectivity index (χ4n) is 1.37. The molecule has 0 amide bonds. The lowest BCUT2D eigenvalue weighted by Gasteiger charge is -2.14. The Morgan fingerprint density at radius 3 is 3.08 bits per heavy atom. The minimum atomic E-state index is 0.296. The third-order valence-electron chi connectivity index (χ3n) is 2.07. The maximum absolute atomic E-state index is 11.5. The molecule has 0 bridgehead atoms. The maximum Gasteiger partial charge on any atom is 0.164 e. The van der Waals surface area contributed by atoms with Crippen LogP contribution in [0.2, 0.25) is 0 Å². The summed E-state index contributed by atoms with van der Waals surface area (Å²) in [5, 5.41) is 0. The molecule has 1 aromatic carbocycles. The van der Waals surface area contributed by atoms with E-state index in [0.29, 0.717) is 12.2 Å². The topological polar surface area (TPSA) is 17.1 Å². The lowest BCUT2D eigenvalue weighted by Crippen LogP contribution is -2.07. The number of carbonyl (C=O) groups is 1. The molecule has 0 saturated heterocycles. The van der Waals surface area contributed by atoms with Crippen molar-refractivity contribution in [2.75, 3.05) is 12.0 Å². The van der Waals surface area contributed by atoms with Crippen LogP contribution in [0.1, 0.15) is 16.8 Å². The molecule has 1 aromatic rings. The molecule has 1 heterocycles. The van der Waals surface area contributed by atoms with Crippen LogP contribution < -0.4 is 0 Å². The molecule has 0 atom stereocenters. The molecule has 0 unspecified atom stereocenters. The molecule has 0 spiro atoms. The van der Waals surface area contributed by atoms with Gasteiger partial charge in [0, 0.05) is 27.5 Å². The fourth-order valence-corrected chi connectivity index (χ4v) is 2.81. The van der Waals surface area contributed by atoms with Crippen molar-refractivity contribution in [1.82, 2.24) is 0 Å². The van der Waals surface area contributed by atoms with Crippen LogP contribution in [0.5, 0.6) is 0 Å². The first-order chi connectivity index (χ1) is 6.31. The Bertz CT molecular complexity index is 347. The summed E-state index contributed by atoms with van der Waals surface area (Å²) in [6.45, 7) is 0. The Hall–Kier alpha value is -0.410. The number of rotatable bonds is 1. The third kappa shape index (κ3) is 1.76. The lowest BCUT2D eigenvalue weighted by atomic mass is 10.1. The van der Waals surface area contributed by atoms with Gasteiger partial charge in [0.2, 0.25) is 0 Å². The van der Waals surface area contributed by atoms with E-state index in [0.717, 1.165) is 16.2 Å². The van der Waals surface area contributed by atoms with Crippen molar-refractivity contribution in [2.45, 2.75) is 16.2 Å². The smallest absolute Gasteiger partial charge is 0.164 e. The fraction of sp³-hybridized carbons (Fsp3) is 0.300. The molecule has 1 nitrogen and oxygen atoms in total. The van der Waals surface area contributed by atoms with Crippen molar-refractivity contribution in [3.63, 3.8) is 0 Å². The summed E-state index contributed by atoms with van der Waals surface area (Å²) in [5.74, 6) is 1.23. The number of carbonyl (C=O) groups excluding carboxylic acids is 1. The maximum atomic E-state index is 11.5. The molecule has 2 rings (SSSR count). The zero-order valence-electron chi connectivity index (χ0n) is 7.37. The normalized spacial score (nSPS) is 15.6. The van der Waals surface area contributed by atoms with E-state index in [1.54, 1.807) is 23.5 Å². The van der Waals surface area contributed by atoms with Gasteiger partial charge in [-0.25, -0.2) is 0 Å². The molecule has 0 aliphatic carbocycles. The molecule has 0 N–H and O–H groups in total. The van der Waals surface area contributed by atoms with Crippen molar-refractivity contribution >= 4 is 29.3 Å². The van der Waals surface area contributed by atoms with Crippen molar-refractivity contribution in [3.8, 4) is 0 Å². The quantitative estimate of drug-likeness (QED) is 0.663. The second kappa shape index (κ2) is 3.76. The summed E-state index contributed by atoms with van der Waals surface area (Å²) in [4.78, 5) is 13.9. The van der Waals surface area contributed by atoms with Crippen molar-refractivity contribution < 1.29 is 4.79 Å². The number of hydrogen-bond acceptors (Lipinski definition) is 3. The number of fused-ring (bicyclic) bond motifs is 1. The monoisotopic (exact) mass is 210 g/mol. The first-order valence-electron chi connectivity index (χ1n) is 4.15. The van der Waals surface area contributed by atoms with E-state index in [2.05, 4.69) is 12.1 Å². The molecule has 3 heteroatoms. The highest BCUT2D eigenvalue weighted by Gasteiger charge is 2.17. The number of ketones is 1. The summed E-state index contributed by atoms with van der Waals surface area (Å²) < 4.78 is 0. The van der Waals surface area contributed by atoms with Gasteiger partial charge in [-0.1, -0.05) is 0 Å². The largest absolute Gasteiger partial charge is 0.294 e. The van der Waals surface area contributed by atoms with Gasteiger partial charge in [0.25, 0.3) is 0 Å². The van der Waals surface area contributed by atoms with Crippen molar-refractivity contribution in [2.24, 2.45) is 0 Å². The van der Waals surface area contributed by atoms with Gasteiger partial charge in [-0.05, 0) is 24.5 Å². The van der Waals surface area contributed by atoms with Crippen LogP contribution in [-0.4, -0.2) is 17.8 Å². The Morgan fingerprint density at radius 1 is 1.46 bits per heavy atom. The van der Waals surface area contributed by atoms with E-state index in [1.165, 1.54) is 4.90 Å². The van der Waals surface area contributed by atoms with Gasteiger partial charge in [0.1, 0.15) is 0 Å². The highest BCUT2D eigenvalue weighted by atomic mass is 32.2. The summed E-state index contributed by atoms with van der Waals surface area (Å²) in [6, 6.07) is 6.15. The number of Topliss-reactive ketones (excluding diaryl/α,β-unsaturated/α-hetero) is 1. The van der Waals surface area contributed by atoms with Crippen LogP contribution in [0, 0.1) is 0 Å². The van der Waals surface area contributed by atoms with Gasteiger partial charge in [-0.15, -0.1) is 23.5 Å². The molecule has 68 valence electrons. The van der Waals surface area contributed by atoms with E-state index in [-0.39, 0.29) is 0 Å². The molecule has 1 aliphatic rings. The van der Waals surface area contributed by atoms with E-state index in [9.17, 15) is 4.79 Å². The highest BCUT2D eigenvalue weighted by Crippen LogP contribution is 2.32. The summed E-state index contributed by atoms with van der Waals surface area (Å²) in [6.07, 6.45) is 2.72. The first kappa shape index (κ1) is 9.16.